The molecule has 2 aromatic heterocycles. The van der Waals surface area contributed by atoms with E-state index in [1.807, 2.05) is 73.7 Å². The highest BCUT2D eigenvalue weighted by Crippen LogP contribution is 2.36. The number of thiazole rings is 1. The third-order valence-electron chi connectivity index (χ3n) is 7.84. The monoisotopic (exact) mass is 625 g/mol. The zero-order valence-electron chi connectivity index (χ0n) is 25.0. The standard InChI is InChI=1S/C35H32ClN3O4S/c1-5-42-29-14-10-8-12-26(29)32-31(34(41)43-6-2)21(3)37-35-39(32)33(40)30(44-35)19-27-22(4)38(28-13-9-7-11-25(27)28)20-23-15-17-24(36)18-16-23/h7-19,32H,5-6,20H2,1-4H3/b30-19-/t32-/m0/s1. The van der Waals surface area contributed by atoms with E-state index in [2.05, 4.69) is 23.6 Å². The molecule has 0 bridgehead atoms. The molecule has 0 unspecified atom stereocenters. The van der Waals surface area contributed by atoms with E-state index in [-0.39, 0.29) is 12.2 Å². The maximum atomic E-state index is 14.3. The number of hydrogen-bond acceptors (Lipinski definition) is 6. The van der Waals surface area contributed by atoms with Gasteiger partial charge in [-0.2, -0.15) is 0 Å². The molecule has 224 valence electrons. The summed E-state index contributed by atoms with van der Waals surface area (Å²) >= 11 is 7.45. The fraction of sp³-hybridized carbons (Fsp3) is 0.229. The summed E-state index contributed by atoms with van der Waals surface area (Å²) in [5, 5.41) is 1.74. The maximum absolute atomic E-state index is 14.3. The smallest absolute Gasteiger partial charge is 0.338 e. The molecule has 0 fully saturated rings. The second kappa shape index (κ2) is 12.3. The Morgan fingerprint density at radius 1 is 1.00 bits per heavy atom. The molecule has 6 rings (SSSR count). The molecule has 0 N–H and O–H groups in total. The lowest BCUT2D eigenvalue weighted by atomic mass is 9.95. The highest BCUT2D eigenvalue weighted by Gasteiger charge is 2.35. The second-order valence-electron chi connectivity index (χ2n) is 10.5. The summed E-state index contributed by atoms with van der Waals surface area (Å²) in [6, 6.07) is 22.8. The Bertz CT molecular complexity index is 2100. The number of rotatable bonds is 8. The maximum Gasteiger partial charge on any atom is 0.338 e. The van der Waals surface area contributed by atoms with Crippen LogP contribution in [0.1, 0.15) is 49.2 Å². The molecule has 3 heterocycles. The summed E-state index contributed by atoms with van der Waals surface area (Å²) in [7, 11) is 0. The average molecular weight is 626 g/mol. The zero-order chi connectivity index (χ0) is 31.0. The van der Waals surface area contributed by atoms with E-state index in [0.717, 1.165) is 27.7 Å². The van der Waals surface area contributed by atoms with Crippen LogP contribution in [0.2, 0.25) is 5.02 Å². The average Bonchev–Trinajstić information content (AvgIpc) is 3.46. The Labute approximate surface area is 264 Å². The summed E-state index contributed by atoms with van der Waals surface area (Å²) in [6.07, 6.45) is 1.95. The van der Waals surface area contributed by atoms with Crippen molar-refractivity contribution in [2.24, 2.45) is 4.99 Å². The van der Waals surface area contributed by atoms with Crippen LogP contribution in [0.4, 0.5) is 0 Å². The van der Waals surface area contributed by atoms with E-state index in [9.17, 15) is 9.59 Å². The predicted molar refractivity (Wildman–Crippen MR) is 175 cm³/mol. The Balaban J connectivity index is 1.56. The van der Waals surface area contributed by atoms with Gasteiger partial charge in [0.25, 0.3) is 5.56 Å². The normalized spacial score (nSPS) is 14.9. The van der Waals surface area contributed by atoms with Crippen LogP contribution in [-0.2, 0) is 16.1 Å². The fourth-order valence-electron chi connectivity index (χ4n) is 5.83. The molecule has 9 heteroatoms. The van der Waals surface area contributed by atoms with Crippen molar-refractivity contribution < 1.29 is 14.3 Å². The van der Waals surface area contributed by atoms with Crippen molar-refractivity contribution in [1.82, 2.24) is 9.13 Å². The first-order valence-electron chi connectivity index (χ1n) is 14.6. The van der Waals surface area contributed by atoms with Crippen LogP contribution in [0.25, 0.3) is 17.0 Å². The van der Waals surface area contributed by atoms with Gasteiger partial charge in [-0.15, -0.1) is 0 Å². The number of allylic oxidation sites excluding steroid dienone is 1. The van der Waals surface area contributed by atoms with Crippen molar-refractivity contribution in [3.63, 3.8) is 0 Å². The minimum atomic E-state index is -0.748. The lowest BCUT2D eigenvalue weighted by Gasteiger charge is -2.26. The predicted octanol–water partition coefficient (Wildman–Crippen LogP) is 6.16. The molecule has 5 aromatic rings. The molecule has 0 spiro atoms. The van der Waals surface area contributed by atoms with Crippen LogP contribution >= 0.6 is 22.9 Å². The molecular formula is C35H32ClN3O4S. The van der Waals surface area contributed by atoms with E-state index in [0.29, 0.717) is 50.1 Å². The molecule has 0 saturated heterocycles. The first kappa shape index (κ1) is 29.7. The molecule has 0 aliphatic carbocycles. The highest BCUT2D eigenvalue weighted by molar-refractivity contribution is 7.07. The highest BCUT2D eigenvalue weighted by atomic mass is 35.5. The van der Waals surface area contributed by atoms with Crippen molar-refractivity contribution in [3.8, 4) is 5.75 Å². The number of carbonyl (C=O) groups is 1. The van der Waals surface area contributed by atoms with Crippen LogP contribution in [0, 0.1) is 6.92 Å². The van der Waals surface area contributed by atoms with Crippen LogP contribution in [0.15, 0.2) is 93.9 Å². The van der Waals surface area contributed by atoms with Gasteiger partial charge in [-0.25, -0.2) is 9.79 Å². The lowest BCUT2D eigenvalue weighted by molar-refractivity contribution is -0.139. The minimum Gasteiger partial charge on any atom is -0.494 e. The van der Waals surface area contributed by atoms with Crippen LogP contribution in [0.5, 0.6) is 5.75 Å². The third-order valence-corrected chi connectivity index (χ3v) is 9.07. The van der Waals surface area contributed by atoms with Crippen molar-refractivity contribution in [1.29, 1.82) is 0 Å². The Hall–Kier alpha value is -4.40. The summed E-state index contributed by atoms with van der Waals surface area (Å²) in [5.74, 6) is 0.104. The van der Waals surface area contributed by atoms with Gasteiger partial charge in [-0.1, -0.05) is 71.5 Å². The molecule has 1 aliphatic heterocycles. The topological polar surface area (TPSA) is 74.8 Å². The number of fused-ring (bicyclic) bond motifs is 2. The van der Waals surface area contributed by atoms with Gasteiger partial charge in [0.2, 0.25) is 0 Å². The summed E-state index contributed by atoms with van der Waals surface area (Å²) in [4.78, 5) is 32.9. The largest absolute Gasteiger partial charge is 0.494 e. The first-order chi connectivity index (χ1) is 21.3. The number of carbonyl (C=O) groups excluding carboxylic acids is 1. The molecule has 0 radical (unpaired) electrons. The number of ether oxygens (including phenoxy) is 2. The molecule has 1 atom stereocenters. The van der Waals surface area contributed by atoms with Gasteiger partial charge in [-0.3, -0.25) is 9.36 Å². The number of hydrogen-bond donors (Lipinski definition) is 0. The number of aromatic nitrogens is 2. The van der Waals surface area contributed by atoms with Gasteiger partial charge in [0.05, 0.1) is 29.0 Å². The molecule has 1 aliphatic rings. The molecule has 0 saturated carbocycles. The van der Waals surface area contributed by atoms with Crippen LogP contribution in [0.3, 0.4) is 0 Å². The van der Waals surface area contributed by atoms with E-state index in [4.69, 9.17) is 26.1 Å². The van der Waals surface area contributed by atoms with Gasteiger partial charge in [0, 0.05) is 39.3 Å². The summed E-state index contributed by atoms with van der Waals surface area (Å²) in [6.45, 7) is 8.83. The number of benzene rings is 3. The van der Waals surface area contributed by atoms with E-state index < -0.39 is 12.0 Å². The van der Waals surface area contributed by atoms with Crippen LogP contribution in [-0.4, -0.2) is 28.3 Å². The Kier molecular flexibility index (Phi) is 8.29. The van der Waals surface area contributed by atoms with Gasteiger partial charge < -0.3 is 14.0 Å². The number of nitrogens with zero attached hydrogens (tertiary/aromatic N) is 3. The number of esters is 1. The molecule has 44 heavy (non-hydrogen) atoms. The first-order valence-corrected chi connectivity index (χ1v) is 15.8. The van der Waals surface area contributed by atoms with Gasteiger partial charge >= 0.3 is 5.97 Å². The number of halogens is 1. The molecule has 3 aromatic carbocycles. The zero-order valence-corrected chi connectivity index (χ0v) is 26.5. The molecule has 0 amide bonds. The quantitative estimate of drug-likeness (QED) is 0.194. The van der Waals surface area contributed by atoms with Crippen molar-refractivity contribution in [2.75, 3.05) is 13.2 Å². The van der Waals surface area contributed by atoms with Gasteiger partial charge in [0.15, 0.2) is 4.80 Å². The fourth-order valence-corrected chi connectivity index (χ4v) is 6.98. The van der Waals surface area contributed by atoms with E-state index in [1.54, 1.807) is 18.4 Å². The molecule has 7 nitrogen and oxygen atoms in total. The molecular weight excluding hydrogens is 594 g/mol. The summed E-state index contributed by atoms with van der Waals surface area (Å²) in [5.41, 5.74) is 5.52. The Morgan fingerprint density at radius 3 is 2.48 bits per heavy atom. The second-order valence-corrected chi connectivity index (χ2v) is 11.9. The van der Waals surface area contributed by atoms with Gasteiger partial charge in [0.1, 0.15) is 11.8 Å². The lowest BCUT2D eigenvalue weighted by Crippen LogP contribution is -2.40. The van der Waals surface area contributed by atoms with Crippen molar-refractivity contribution in [2.45, 2.75) is 40.3 Å². The van der Waals surface area contributed by atoms with Crippen molar-refractivity contribution >= 4 is 45.9 Å². The van der Waals surface area contributed by atoms with E-state index >= 15 is 0 Å². The number of para-hydroxylation sites is 2. The SMILES string of the molecule is CCOC(=O)C1=C(C)N=c2s/c(=C\c3c(C)n(Cc4ccc(Cl)cc4)c4ccccc34)c(=O)n2[C@H]1c1ccccc1OCC. The summed E-state index contributed by atoms with van der Waals surface area (Å²) < 4.78 is 15.8. The van der Waals surface area contributed by atoms with Gasteiger partial charge in [-0.05, 0) is 63.6 Å². The van der Waals surface area contributed by atoms with Crippen molar-refractivity contribution in [3.05, 3.63) is 131 Å². The Morgan fingerprint density at radius 2 is 1.73 bits per heavy atom. The minimum absolute atomic E-state index is 0.208. The van der Waals surface area contributed by atoms with Crippen LogP contribution < -0.4 is 19.6 Å². The third kappa shape index (κ3) is 5.29. The van der Waals surface area contributed by atoms with E-state index in [1.165, 1.54) is 11.3 Å².